The molecular weight excluding hydrogens is 710 g/mol. The molecule has 0 heterocycles. The third-order valence-corrected chi connectivity index (χ3v) is 8.95. The van der Waals surface area contributed by atoms with Crippen molar-refractivity contribution in [1.82, 2.24) is 9.80 Å². The van der Waals surface area contributed by atoms with E-state index in [1.54, 1.807) is 13.8 Å². The minimum atomic E-state index is -1.03. The molecule has 0 aliphatic rings. The van der Waals surface area contributed by atoms with Gasteiger partial charge in [0.25, 0.3) is 0 Å². The van der Waals surface area contributed by atoms with E-state index in [-0.39, 0.29) is 68.8 Å². The first kappa shape index (κ1) is 50.5. The normalized spacial score (nSPS) is 14.4. The van der Waals surface area contributed by atoms with Crippen LogP contribution in [0.3, 0.4) is 0 Å². The molecule has 0 fully saturated rings. The molecule has 0 spiro atoms. The summed E-state index contributed by atoms with van der Waals surface area (Å²) < 4.78 is 11.5. The van der Waals surface area contributed by atoms with Crippen LogP contribution in [0.1, 0.15) is 99.5 Å². The van der Waals surface area contributed by atoms with Crippen LogP contribution in [0, 0.1) is 23.7 Å². The minimum absolute atomic E-state index is 0.0142. The average molecular weight is 776 g/mol. The quantitative estimate of drug-likeness (QED) is 0.137. The molecule has 310 valence electrons. The van der Waals surface area contributed by atoms with E-state index in [2.05, 4.69) is 0 Å². The Bertz CT molecular complexity index is 1450. The number of hydrogen-bond donors (Lipinski definition) is 3. The van der Waals surface area contributed by atoms with E-state index in [0.29, 0.717) is 6.42 Å². The van der Waals surface area contributed by atoms with Crippen LogP contribution in [0.25, 0.3) is 0 Å². The maximum atomic E-state index is 13.1. The smallest absolute Gasteiger partial charge is 0.312 e. The number of carbonyl (C=O) groups excluding carboxylic acids is 8. The summed E-state index contributed by atoms with van der Waals surface area (Å²) in [7, 11) is 2.95. The molecule has 0 saturated carbocycles. The molecule has 55 heavy (non-hydrogen) atoms. The summed E-state index contributed by atoms with van der Waals surface area (Å²) in [4.78, 5) is 99.6. The molecule has 6 N–H and O–H groups in total. The van der Waals surface area contributed by atoms with Crippen molar-refractivity contribution in [2.75, 3.05) is 27.2 Å². The number of nitrogens with zero attached hydrogens (tertiary/aromatic N) is 2. The number of rotatable bonds is 23. The van der Waals surface area contributed by atoms with Gasteiger partial charge in [-0.15, -0.1) is 0 Å². The number of nitrogens with two attached hydrogens (primary N) is 3. The maximum absolute atomic E-state index is 13.1. The van der Waals surface area contributed by atoms with E-state index in [9.17, 15) is 38.4 Å². The molecule has 4 amide bonds. The topological polar surface area (TPSA) is 240 Å². The van der Waals surface area contributed by atoms with Gasteiger partial charge in [0.05, 0.1) is 49.1 Å². The monoisotopic (exact) mass is 775 g/mol. The van der Waals surface area contributed by atoms with Gasteiger partial charge >= 0.3 is 5.97 Å². The fraction of sp³-hybridized carbons (Fsp3) is 0.650. The van der Waals surface area contributed by atoms with Crippen molar-refractivity contribution in [2.24, 2.45) is 40.9 Å². The van der Waals surface area contributed by atoms with Crippen molar-refractivity contribution in [3.05, 3.63) is 35.9 Å². The van der Waals surface area contributed by atoms with Gasteiger partial charge in [-0.2, -0.15) is 0 Å². The highest BCUT2D eigenvalue weighted by Crippen LogP contribution is 2.24. The van der Waals surface area contributed by atoms with Crippen LogP contribution in [0.15, 0.2) is 30.3 Å². The van der Waals surface area contributed by atoms with Crippen LogP contribution in [-0.4, -0.2) is 102 Å². The molecular formula is C40H65N5O10. The first-order valence-electron chi connectivity index (χ1n) is 18.7. The lowest BCUT2D eigenvalue weighted by Gasteiger charge is -2.30. The maximum Gasteiger partial charge on any atom is 0.312 e. The number of hydrogen-bond acceptors (Lipinski definition) is 11. The van der Waals surface area contributed by atoms with E-state index in [4.69, 9.17) is 26.7 Å². The zero-order chi connectivity index (χ0) is 42.6. The van der Waals surface area contributed by atoms with Gasteiger partial charge in [0.2, 0.25) is 23.6 Å². The molecule has 0 aliphatic heterocycles. The van der Waals surface area contributed by atoms with Gasteiger partial charge < -0.3 is 36.5 Å². The van der Waals surface area contributed by atoms with Crippen LogP contribution in [-0.2, 0) is 54.4 Å². The Morgan fingerprint density at radius 3 is 1.62 bits per heavy atom. The first-order chi connectivity index (χ1) is 25.4. The molecule has 1 rings (SSSR count). The van der Waals surface area contributed by atoms with Crippen molar-refractivity contribution in [2.45, 2.75) is 118 Å². The fourth-order valence-electron chi connectivity index (χ4n) is 5.30. The Labute approximate surface area is 326 Å². The number of amides is 4. The number of likely N-dealkylation sites (N-methyl/N-ethyl adjacent to an activating group) is 2. The highest BCUT2D eigenvalue weighted by molar-refractivity contribution is 5.94. The largest absolute Gasteiger partial charge is 0.461 e. The number of esters is 1. The van der Waals surface area contributed by atoms with Crippen LogP contribution in [0.5, 0.6) is 0 Å². The SMILES string of the molecule is CC[C@H](C)C(=O)CN(C)C(=O)[C@@H](N)CC(N)=O.CC[C@H](C)C(=O)CN(C)C(=O)[C@H](CC(N)=O)CC(=O)C[C@H](C(=O)OCc1ccccc1)C(C)OC(C)(C)C. The lowest BCUT2D eigenvalue weighted by Crippen LogP contribution is -2.46. The predicted octanol–water partition coefficient (Wildman–Crippen LogP) is 2.73. The molecule has 0 bridgehead atoms. The molecule has 15 nitrogen and oxygen atoms in total. The lowest BCUT2D eigenvalue weighted by atomic mass is 9.89. The Kier molecular flexibility index (Phi) is 22.8. The van der Waals surface area contributed by atoms with Crippen molar-refractivity contribution in [3.63, 3.8) is 0 Å². The Balaban J connectivity index is 0.00000143. The number of Topliss-reactive ketones (excluding diaryl/α,β-unsaturated/α-hetero) is 3. The van der Waals surface area contributed by atoms with Gasteiger partial charge in [-0.25, -0.2) is 0 Å². The van der Waals surface area contributed by atoms with Crippen LogP contribution in [0.2, 0.25) is 0 Å². The number of benzene rings is 1. The number of ketones is 3. The highest BCUT2D eigenvalue weighted by Gasteiger charge is 2.35. The zero-order valence-electron chi connectivity index (χ0n) is 34.4. The van der Waals surface area contributed by atoms with Crippen LogP contribution >= 0.6 is 0 Å². The Morgan fingerprint density at radius 2 is 1.18 bits per heavy atom. The summed E-state index contributed by atoms with van der Waals surface area (Å²) in [5.74, 6) is -5.70. The van der Waals surface area contributed by atoms with E-state index >= 15 is 0 Å². The number of primary amides is 2. The highest BCUT2D eigenvalue weighted by atomic mass is 16.5. The molecule has 1 aromatic carbocycles. The molecule has 0 radical (unpaired) electrons. The summed E-state index contributed by atoms with van der Waals surface area (Å²) in [5, 5.41) is 0. The van der Waals surface area contributed by atoms with Crippen LogP contribution in [0.4, 0.5) is 0 Å². The van der Waals surface area contributed by atoms with E-state index < -0.39 is 65.0 Å². The third kappa shape index (κ3) is 20.7. The summed E-state index contributed by atoms with van der Waals surface area (Å²) >= 11 is 0. The predicted molar refractivity (Wildman–Crippen MR) is 208 cm³/mol. The van der Waals surface area contributed by atoms with Gasteiger partial charge in [0.1, 0.15) is 12.4 Å². The Morgan fingerprint density at radius 1 is 0.709 bits per heavy atom. The summed E-state index contributed by atoms with van der Waals surface area (Å²) in [6.07, 6.45) is -0.362. The van der Waals surface area contributed by atoms with Gasteiger partial charge in [-0.1, -0.05) is 58.0 Å². The van der Waals surface area contributed by atoms with Crippen molar-refractivity contribution < 1.29 is 47.8 Å². The molecule has 1 unspecified atom stereocenters. The van der Waals surface area contributed by atoms with Gasteiger partial charge in [0.15, 0.2) is 11.6 Å². The summed E-state index contributed by atoms with van der Waals surface area (Å²) in [6.45, 7) is 14.5. The summed E-state index contributed by atoms with van der Waals surface area (Å²) in [6, 6.07) is 8.20. The zero-order valence-corrected chi connectivity index (χ0v) is 34.4. The standard InChI is InChI=1S/C29H44N2O7.C11H21N3O3/c1-8-19(2)25(33)17-31(7)27(35)22(15-26(30)34)14-23(32)16-24(20(3)38-29(4,5)6)28(36)37-18-21-12-10-9-11-13-21;1-4-7(2)9(15)6-14(3)11(17)8(12)5-10(13)16/h9-13,19-20,22,24H,8,14-18H2,1-7H3,(H2,30,34);7-8H,4-6,12H2,1-3H3,(H2,13,16)/t19-,20?,22-,24-;7-,8-/m00/s1. The van der Waals surface area contributed by atoms with E-state index in [0.717, 1.165) is 12.0 Å². The van der Waals surface area contributed by atoms with Crippen molar-refractivity contribution >= 4 is 46.9 Å². The lowest BCUT2D eigenvalue weighted by molar-refractivity contribution is -0.162. The van der Waals surface area contributed by atoms with Crippen molar-refractivity contribution in [1.29, 1.82) is 0 Å². The first-order valence-corrected chi connectivity index (χ1v) is 18.7. The second-order valence-corrected chi connectivity index (χ2v) is 15.2. The third-order valence-electron chi connectivity index (χ3n) is 8.95. The fourth-order valence-corrected chi connectivity index (χ4v) is 5.30. The number of ether oxygens (including phenoxy) is 2. The molecule has 0 aliphatic carbocycles. The van der Waals surface area contributed by atoms with Gasteiger partial charge in [0, 0.05) is 45.2 Å². The van der Waals surface area contributed by atoms with Gasteiger partial charge in [-0.3, -0.25) is 38.4 Å². The molecule has 0 saturated heterocycles. The van der Waals surface area contributed by atoms with Crippen LogP contribution < -0.4 is 17.2 Å². The molecule has 6 atom stereocenters. The second-order valence-electron chi connectivity index (χ2n) is 15.2. The average Bonchev–Trinajstić information content (AvgIpc) is 3.10. The summed E-state index contributed by atoms with van der Waals surface area (Å²) in [5.41, 5.74) is 16.0. The minimum Gasteiger partial charge on any atom is -0.461 e. The second kappa shape index (κ2) is 24.8. The van der Waals surface area contributed by atoms with Crippen molar-refractivity contribution in [3.8, 4) is 0 Å². The van der Waals surface area contributed by atoms with E-state index in [1.165, 1.54) is 23.9 Å². The molecule has 0 aromatic heterocycles. The number of carbonyl (C=O) groups is 8. The molecule has 15 heteroatoms. The van der Waals surface area contributed by atoms with Gasteiger partial charge in [-0.05, 0) is 46.1 Å². The molecule has 1 aromatic rings. The van der Waals surface area contributed by atoms with E-state index in [1.807, 2.05) is 71.9 Å². The Hall–Kier alpha value is -4.50.